The van der Waals surface area contributed by atoms with Crippen molar-refractivity contribution in [2.45, 2.75) is 24.9 Å². The van der Waals surface area contributed by atoms with Crippen molar-refractivity contribution < 1.29 is 19.1 Å². The maximum atomic E-state index is 12.6. The summed E-state index contributed by atoms with van der Waals surface area (Å²) >= 11 is 3.45. The Morgan fingerprint density at radius 3 is 2.47 bits per heavy atom. The molecule has 1 aliphatic carbocycles. The molecule has 0 atom stereocenters. The summed E-state index contributed by atoms with van der Waals surface area (Å²) in [5.74, 6) is 1.29. The van der Waals surface area contributed by atoms with Gasteiger partial charge in [-0.15, -0.1) is 0 Å². The van der Waals surface area contributed by atoms with Gasteiger partial charge < -0.3 is 20.1 Å². The van der Waals surface area contributed by atoms with E-state index in [9.17, 15) is 9.59 Å². The SMILES string of the molecule is COc1ccc(Oc2ccc(CNC(=O)C3(NC(=O)c4cncnc4)CC3)nc2)c(Br)c1. The quantitative estimate of drug-likeness (QED) is 0.491. The van der Waals surface area contributed by atoms with Crippen LogP contribution in [0, 0.1) is 0 Å². The van der Waals surface area contributed by atoms with Gasteiger partial charge in [-0.05, 0) is 59.1 Å². The summed E-state index contributed by atoms with van der Waals surface area (Å²) in [5, 5.41) is 5.62. The predicted octanol–water partition coefficient (Wildman–Crippen LogP) is 3.01. The van der Waals surface area contributed by atoms with Gasteiger partial charge >= 0.3 is 0 Å². The molecule has 0 radical (unpaired) electrons. The fraction of sp³-hybridized carbons (Fsp3) is 0.227. The van der Waals surface area contributed by atoms with Gasteiger partial charge in [0.05, 0.1) is 35.6 Å². The molecule has 164 valence electrons. The number of pyridine rings is 1. The first kappa shape index (κ1) is 21.7. The zero-order valence-electron chi connectivity index (χ0n) is 17.2. The van der Waals surface area contributed by atoms with Gasteiger partial charge in [-0.1, -0.05) is 0 Å². The molecule has 2 amide bonds. The number of nitrogens with zero attached hydrogens (tertiary/aromatic N) is 3. The van der Waals surface area contributed by atoms with Crippen LogP contribution in [-0.2, 0) is 11.3 Å². The molecule has 2 aromatic heterocycles. The number of rotatable bonds is 8. The Morgan fingerprint density at radius 1 is 1.09 bits per heavy atom. The lowest BCUT2D eigenvalue weighted by Gasteiger charge is -2.17. The lowest BCUT2D eigenvalue weighted by Crippen LogP contribution is -2.48. The minimum atomic E-state index is -0.892. The fourth-order valence-corrected chi connectivity index (χ4v) is 3.41. The van der Waals surface area contributed by atoms with Crippen molar-refractivity contribution in [2.24, 2.45) is 0 Å². The van der Waals surface area contributed by atoms with Gasteiger partial charge in [-0.3, -0.25) is 14.6 Å². The van der Waals surface area contributed by atoms with Crippen molar-refractivity contribution in [1.82, 2.24) is 25.6 Å². The van der Waals surface area contributed by atoms with Gasteiger partial charge in [0.15, 0.2) is 0 Å². The highest BCUT2D eigenvalue weighted by Crippen LogP contribution is 2.36. The third-order valence-electron chi connectivity index (χ3n) is 4.95. The number of hydrogen-bond donors (Lipinski definition) is 2. The molecule has 9 nitrogen and oxygen atoms in total. The summed E-state index contributed by atoms with van der Waals surface area (Å²) in [6.07, 6.45) is 6.91. The molecule has 1 saturated carbocycles. The average Bonchev–Trinajstić information content (AvgIpc) is 3.61. The first-order valence-electron chi connectivity index (χ1n) is 9.81. The maximum absolute atomic E-state index is 12.6. The van der Waals surface area contributed by atoms with Gasteiger partial charge in [0.2, 0.25) is 5.91 Å². The van der Waals surface area contributed by atoms with E-state index in [1.165, 1.54) is 18.7 Å². The first-order chi connectivity index (χ1) is 15.5. The van der Waals surface area contributed by atoms with E-state index >= 15 is 0 Å². The van der Waals surface area contributed by atoms with Gasteiger partial charge in [0.25, 0.3) is 5.91 Å². The molecule has 2 N–H and O–H groups in total. The minimum absolute atomic E-state index is 0.234. The van der Waals surface area contributed by atoms with Crippen LogP contribution in [0.15, 0.2) is 59.7 Å². The number of halogens is 1. The average molecular weight is 498 g/mol. The van der Waals surface area contributed by atoms with Crippen molar-refractivity contribution in [3.05, 3.63) is 71.0 Å². The molecule has 4 rings (SSSR count). The Balaban J connectivity index is 1.31. The van der Waals surface area contributed by atoms with Crippen molar-refractivity contribution in [1.29, 1.82) is 0 Å². The van der Waals surface area contributed by atoms with E-state index in [1.54, 1.807) is 37.6 Å². The van der Waals surface area contributed by atoms with Crippen LogP contribution in [0.25, 0.3) is 0 Å². The molecule has 3 aromatic rings. The number of carbonyl (C=O) groups excluding carboxylic acids is 2. The van der Waals surface area contributed by atoms with Gasteiger partial charge in [-0.2, -0.15) is 0 Å². The third kappa shape index (κ3) is 5.02. The number of amides is 2. The third-order valence-corrected chi connectivity index (χ3v) is 5.57. The number of ether oxygens (including phenoxy) is 2. The summed E-state index contributed by atoms with van der Waals surface area (Å²) in [4.78, 5) is 36.9. The number of benzene rings is 1. The van der Waals surface area contributed by atoms with Crippen LogP contribution in [0.3, 0.4) is 0 Å². The molecule has 1 aromatic carbocycles. The second-order valence-electron chi connectivity index (χ2n) is 7.23. The van der Waals surface area contributed by atoms with E-state index in [-0.39, 0.29) is 18.4 Å². The van der Waals surface area contributed by atoms with Crippen LogP contribution in [0.5, 0.6) is 17.2 Å². The van der Waals surface area contributed by atoms with Crippen LogP contribution in [0.2, 0.25) is 0 Å². The van der Waals surface area contributed by atoms with Gasteiger partial charge in [-0.25, -0.2) is 9.97 Å². The Hall–Kier alpha value is -3.53. The molecule has 32 heavy (non-hydrogen) atoms. The number of aromatic nitrogens is 3. The van der Waals surface area contributed by atoms with Crippen molar-refractivity contribution in [3.63, 3.8) is 0 Å². The lowest BCUT2D eigenvalue weighted by molar-refractivity contribution is -0.124. The molecule has 0 saturated heterocycles. The van der Waals surface area contributed by atoms with E-state index in [0.717, 1.165) is 10.2 Å². The second kappa shape index (κ2) is 9.31. The van der Waals surface area contributed by atoms with Crippen LogP contribution < -0.4 is 20.1 Å². The van der Waals surface area contributed by atoms with Crippen LogP contribution >= 0.6 is 15.9 Å². The molecule has 0 aliphatic heterocycles. The molecule has 0 bridgehead atoms. The molecule has 10 heteroatoms. The van der Waals surface area contributed by atoms with Gasteiger partial charge in [0, 0.05) is 12.4 Å². The topological polar surface area (TPSA) is 115 Å². The molecule has 1 aliphatic rings. The zero-order valence-corrected chi connectivity index (χ0v) is 18.8. The Morgan fingerprint density at radius 2 is 1.84 bits per heavy atom. The lowest BCUT2D eigenvalue weighted by atomic mass is 10.2. The summed E-state index contributed by atoms with van der Waals surface area (Å²) in [5.41, 5.74) is 0.0850. The first-order valence-corrected chi connectivity index (χ1v) is 10.6. The highest BCUT2D eigenvalue weighted by atomic mass is 79.9. The normalized spacial score (nSPS) is 13.7. The van der Waals surface area contributed by atoms with Gasteiger partial charge in [0.1, 0.15) is 29.1 Å². The largest absolute Gasteiger partial charge is 0.497 e. The molecule has 0 spiro atoms. The van der Waals surface area contributed by atoms with Crippen LogP contribution in [0.4, 0.5) is 0 Å². The highest BCUT2D eigenvalue weighted by Gasteiger charge is 2.51. The fourth-order valence-electron chi connectivity index (χ4n) is 2.97. The van der Waals surface area contributed by atoms with E-state index < -0.39 is 5.54 Å². The smallest absolute Gasteiger partial charge is 0.255 e. The van der Waals surface area contributed by atoms with Crippen molar-refractivity contribution >= 4 is 27.7 Å². The Kier molecular flexibility index (Phi) is 6.31. The standard InChI is InChI=1S/C22H20BrN5O4/c1-31-16-4-5-19(18(23)8-16)32-17-3-2-15(26-12-17)11-27-21(30)22(6-7-22)28-20(29)14-9-24-13-25-10-14/h2-5,8-10,12-13H,6-7,11H2,1H3,(H,27,30)(H,28,29). The molecule has 2 heterocycles. The summed E-state index contributed by atoms with van der Waals surface area (Å²) in [6.45, 7) is 0.234. The van der Waals surface area contributed by atoms with Crippen LogP contribution in [0.1, 0.15) is 28.9 Å². The highest BCUT2D eigenvalue weighted by molar-refractivity contribution is 9.10. The summed E-state index contributed by atoms with van der Waals surface area (Å²) < 4.78 is 11.8. The molecule has 0 unspecified atom stereocenters. The second-order valence-corrected chi connectivity index (χ2v) is 8.08. The molecule has 1 fully saturated rings. The minimum Gasteiger partial charge on any atom is -0.497 e. The molecular weight excluding hydrogens is 478 g/mol. The van der Waals surface area contributed by atoms with Crippen molar-refractivity contribution in [3.8, 4) is 17.2 Å². The monoisotopic (exact) mass is 497 g/mol. The van der Waals surface area contributed by atoms with Crippen molar-refractivity contribution in [2.75, 3.05) is 7.11 Å². The Bertz CT molecular complexity index is 1120. The van der Waals surface area contributed by atoms with E-state index in [4.69, 9.17) is 9.47 Å². The number of hydrogen-bond acceptors (Lipinski definition) is 7. The number of carbonyl (C=O) groups is 2. The zero-order chi connectivity index (χ0) is 22.6. The Labute approximate surface area is 192 Å². The van der Waals surface area contributed by atoms with E-state index in [0.29, 0.717) is 35.6 Å². The van der Waals surface area contributed by atoms with E-state index in [2.05, 4.69) is 41.5 Å². The summed E-state index contributed by atoms with van der Waals surface area (Å²) in [6, 6.07) is 8.95. The number of methoxy groups -OCH3 is 1. The predicted molar refractivity (Wildman–Crippen MR) is 118 cm³/mol. The van der Waals surface area contributed by atoms with E-state index in [1.807, 2.05) is 6.07 Å². The summed E-state index contributed by atoms with van der Waals surface area (Å²) in [7, 11) is 1.60. The number of nitrogens with one attached hydrogen (secondary N) is 2. The van der Waals surface area contributed by atoms with Crippen LogP contribution in [-0.4, -0.2) is 39.4 Å². The molecular formula is C22H20BrN5O4. The maximum Gasteiger partial charge on any atom is 0.255 e.